The summed E-state index contributed by atoms with van der Waals surface area (Å²) < 4.78 is 6.00. The van der Waals surface area contributed by atoms with Gasteiger partial charge in [0.1, 0.15) is 12.4 Å². The molecule has 1 unspecified atom stereocenters. The first-order valence-corrected chi connectivity index (χ1v) is 8.75. The maximum atomic E-state index is 9.41. The van der Waals surface area contributed by atoms with Crippen molar-refractivity contribution in [3.8, 4) is 5.75 Å². The van der Waals surface area contributed by atoms with Crippen molar-refractivity contribution >= 4 is 11.6 Å². The molecule has 1 aliphatic heterocycles. The zero-order valence-electron chi connectivity index (χ0n) is 13.7. The predicted molar refractivity (Wildman–Crippen MR) is 95.1 cm³/mol. The van der Waals surface area contributed by atoms with Crippen molar-refractivity contribution in [2.24, 2.45) is 5.92 Å². The molecule has 1 N–H and O–H groups in total. The van der Waals surface area contributed by atoms with Gasteiger partial charge in [-0.25, -0.2) is 0 Å². The summed E-state index contributed by atoms with van der Waals surface area (Å²) in [6.07, 6.45) is 5.79. The number of benzene rings is 1. The first-order chi connectivity index (χ1) is 11.7. The van der Waals surface area contributed by atoms with Crippen LogP contribution in [0.5, 0.6) is 5.75 Å². The number of rotatable bonds is 6. The van der Waals surface area contributed by atoms with Gasteiger partial charge in [-0.3, -0.25) is 9.88 Å². The average Bonchev–Trinajstić information content (AvgIpc) is 2.62. The Morgan fingerprint density at radius 1 is 1.33 bits per heavy atom. The van der Waals surface area contributed by atoms with Crippen LogP contribution in [0.4, 0.5) is 0 Å². The number of aromatic nitrogens is 1. The first kappa shape index (κ1) is 17.2. The molecule has 1 atom stereocenters. The van der Waals surface area contributed by atoms with Crippen molar-refractivity contribution in [1.82, 2.24) is 9.88 Å². The second-order valence-corrected chi connectivity index (χ2v) is 6.76. The summed E-state index contributed by atoms with van der Waals surface area (Å²) in [4.78, 5) is 6.48. The smallest absolute Gasteiger partial charge is 0.124 e. The van der Waals surface area contributed by atoms with E-state index < -0.39 is 0 Å². The number of ether oxygens (including phenoxy) is 1. The number of aliphatic hydroxyl groups excluding tert-OH is 1. The van der Waals surface area contributed by atoms with E-state index in [4.69, 9.17) is 16.3 Å². The number of hydrogen-bond acceptors (Lipinski definition) is 4. The van der Waals surface area contributed by atoms with Gasteiger partial charge in [-0.15, -0.1) is 0 Å². The van der Waals surface area contributed by atoms with Gasteiger partial charge in [0.2, 0.25) is 0 Å². The van der Waals surface area contributed by atoms with Crippen molar-refractivity contribution in [1.29, 1.82) is 0 Å². The Morgan fingerprint density at radius 2 is 2.25 bits per heavy atom. The highest BCUT2D eigenvalue weighted by molar-refractivity contribution is 6.30. The topological polar surface area (TPSA) is 45.6 Å². The monoisotopic (exact) mass is 346 g/mol. The highest BCUT2D eigenvalue weighted by Gasteiger charge is 2.20. The zero-order chi connectivity index (χ0) is 16.8. The summed E-state index contributed by atoms with van der Waals surface area (Å²) in [5.41, 5.74) is 2.13. The van der Waals surface area contributed by atoms with Crippen LogP contribution in [0.1, 0.15) is 24.0 Å². The van der Waals surface area contributed by atoms with E-state index in [-0.39, 0.29) is 6.61 Å². The predicted octanol–water partition coefficient (Wildman–Crippen LogP) is 3.52. The van der Waals surface area contributed by atoms with E-state index in [0.29, 0.717) is 12.5 Å². The molecule has 24 heavy (non-hydrogen) atoms. The Balaban J connectivity index is 1.68. The van der Waals surface area contributed by atoms with Crippen LogP contribution in [-0.2, 0) is 13.2 Å². The molecule has 3 rings (SSSR count). The molecule has 1 fully saturated rings. The third kappa shape index (κ3) is 4.69. The molecule has 0 bridgehead atoms. The lowest BCUT2D eigenvalue weighted by molar-refractivity contribution is 0.115. The SMILES string of the molecule is OCC1CCCN(Cc2cc(Cl)ccc2OCc2cccnc2)C1. The first-order valence-electron chi connectivity index (χ1n) is 8.38. The van der Waals surface area contributed by atoms with Crippen LogP contribution in [0, 0.1) is 5.92 Å². The highest BCUT2D eigenvalue weighted by atomic mass is 35.5. The molecule has 0 saturated carbocycles. The number of pyridine rings is 1. The van der Waals surface area contributed by atoms with Crippen LogP contribution in [0.25, 0.3) is 0 Å². The van der Waals surface area contributed by atoms with E-state index in [0.717, 1.165) is 54.4 Å². The zero-order valence-corrected chi connectivity index (χ0v) is 14.5. The minimum absolute atomic E-state index is 0.260. The fourth-order valence-electron chi connectivity index (χ4n) is 3.14. The largest absolute Gasteiger partial charge is 0.489 e. The van der Waals surface area contributed by atoms with Crippen LogP contribution in [0.2, 0.25) is 5.02 Å². The lowest BCUT2D eigenvalue weighted by atomic mass is 9.98. The Bertz CT molecular complexity index is 651. The molecule has 1 aliphatic rings. The van der Waals surface area contributed by atoms with Crippen LogP contribution in [-0.4, -0.2) is 34.7 Å². The standard InChI is InChI=1S/C19H23ClN2O2/c20-18-5-6-19(24-14-15-3-1-7-21-10-15)17(9-18)12-22-8-2-4-16(11-22)13-23/h1,3,5-7,9-10,16,23H,2,4,8,11-14H2. The van der Waals surface area contributed by atoms with Gasteiger partial charge < -0.3 is 9.84 Å². The number of nitrogens with zero attached hydrogens (tertiary/aromatic N) is 2. The Labute approximate surface area is 148 Å². The van der Waals surface area contributed by atoms with E-state index in [9.17, 15) is 5.11 Å². The molecular weight excluding hydrogens is 324 g/mol. The van der Waals surface area contributed by atoms with Gasteiger partial charge in [-0.1, -0.05) is 17.7 Å². The van der Waals surface area contributed by atoms with Crippen molar-refractivity contribution < 1.29 is 9.84 Å². The van der Waals surface area contributed by atoms with E-state index >= 15 is 0 Å². The van der Waals surface area contributed by atoms with Crippen LogP contribution in [0.15, 0.2) is 42.7 Å². The Hall–Kier alpha value is -1.62. The minimum Gasteiger partial charge on any atom is -0.489 e. The molecule has 1 aromatic heterocycles. The van der Waals surface area contributed by atoms with E-state index in [1.165, 1.54) is 0 Å². The highest BCUT2D eigenvalue weighted by Crippen LogP contribution is 2.27. The molecule has 0 spiro atoms. The summed E-state index contributed by atoms with van der Waals surface area (Å²) >= 11 is 6.18. The van der Waals surface area contributed by atoms with Gasteiger partial charge in [0.05, 0.1) is 0 Å². The summed E-state index contributed by atoms with van der Waals surface area (Å²) in [5, 5.41) is 10.1. The summed E-state index contributed by atoms with van der Waals surface area (Å²) in [7, 11) is 0. The normalized spacial score (nSPS) is 18.5. The second-order valence-electron chi connectivity index (χ2n) is 6.33. The quantitative estimate of drug-likeness (QED) is 0.869. The lowest BCUT2D eigenvalue weighted by Gasteiger charge is -2.32. The van der Waals surface area contributed by atoms with Gasteiger partial charge in [0, 0.05) is 48.2 Å². The maximum Gasteiger partial charge on any atom is 0.124 e. The molecule has 1 aromatic carbocycles. The maximum absolute atomic E-state index is 9.41. The van der Waals surface area contributed by atoms with Gasteiger partial charge in [0.15, 0.2) is 0 Å². The van der Waals surface area contributed by atoms with Crippen LogP contribution >= 0.6 is 11.6 Å². The molecular formula is C19H23ClN2O2. The Kier molecular flexibility index (Phi) is 6.07. The van der Waals surface area contributed by atoms with Crippen molar-refractivity contribution in [2.45, 2.75) is 26.0 Å². The van der Waals surface area contributed by atoms with Gasteiger partial charge >= 0.3 is 0 Å². The minimum atomic E-state index is 0.260. The summed E-state index contributed by atoms with van der Waals surface area (Å²) in [6, 6.07) is 9.67. The number of piperidine rings is 1. The number of likely N-dealkylation sites (tertiary alicyclic amines) is 1. The van der Waals surface area contributed by atoms with Crippen molar-refractivity contribution in [3.05, 3.63) is 58.9 Å². The molecule has 0 amide bonds. The van der Waals surface area contributed by atoms with E-state index in [2.05, 4.69) is 9.88 Å². The summed E-state index contributed by atoms with van der Waals surface area (Å²) in [5.74, 6) is 1.23. The van der Waals surface area contributed by atoms with Gasteiger partial charge in [-0.05, 0) is 49.6 Å². The van der Waals surface area contributed by atoms with Gasteiger partial charge in [-0.2, -0.15) is 0 Å². The third-order valence-corrected chi connectivity index (χ3v) is 4.63. The third-order valence-electron chi connectivity index (χ3n) is 4.39. The molecule has 0 aliphatic carbocycles. The lowest BCUT2D eigenvalue weighted by Crippen LogP contribution is -2.36. The molecule has 5 heteroatoms. The molecule has 4 nitrogen and oxygen atoms in total. The second kappa shape index (κ2) is 8.47. The fourth-order valence-corrected chi connectivity index (χ4v) is 3.34. The Morgan fingerprint density at radius 3 is 3.04 bits per heavy atom. The van der Waals surface area contributed by atoms with Crippen LogP contribution in [0.3, 0.4) is 0 Å². The number of hydrogen-bond donors (Lipinski definition) is 1. The van der Waals surface area contributed by atoms with Crippen LogP contribution < -0.4 is 4.74 Å². The molecule has 2 heterocycles. The fraction of sp³-hybridized carbons (Fsp3) is 0.421. The van der Waals surface area contributed by atoms with Gasteiger partial charge in [0.25, 0.3) is 0 Å². The molecule has 0 radical (unpaired) electrons. The summed E-state index contributed by atoms with van der Waals surface area (Å²) in [6.45, 7) is 3.51. The molecule has 2 aromatic rings. The van der Waals surface area contributed by atoms with Crippen molar-refractivity contribution in [2.75, 3.05) is 19.7 Å². The van der Waals surface area contributed by atoms with E-state index in [1.807, 2.05) is 36.5 Å². The molecule has 1 saturated heterocycles. The molecule has 128 valence electrons. The number of aliphatic hydroxyl groups is 1. The average molecular weight is 347 g/mol. The number of halogens is 1. The van der Waals surface area contributed by atoms with Crippen molar-refractivity contribution in [3.63, 3.8) is 0 Å². The van der Waals surface area contributed by atoms with E-state index in [1.54, 1.807) is 6.20 Å².